The lowest BCUT2D eigenvalue weighted by atomic mass is 9.93. The molecule has 4 heteroatoms. The summed E-state index contributed by atoms with van der Waals surface area (Å²) in [5.74, 6) is 0.0367. The van der Waals surface area contributed by atoms with Crippen LogP contribution in [0.15, 0.2) is 84.9 Å². The van der Waals surface area contributed by atoms with E-state index in [1.54, 1.807) is 0 Å². The van der Waals surface area contributed by atoms with E-state index in [1.807, 2.05) is 37.4 Å². The number of nitrogens with two attached hydrogens (primary N) is 1. The number of hydrogen-bond donors (Lipinski definition) is 2. The van der Waals surface area contributed by atoms with E-state index in [0.717, 1.165) is 31.4 Å². The zero-order chi connectivity index (χ0) is 23.8. The summed E-state index contributed by atoms with van der Waals surface area (Å²) in [6, 6.07) is 27.3. The molecule has 3 N–H and O–H groups in total. The van der Waals surface area contributed by atoms with Crippen LogP contribution in [0, 0.1) is 0 Å². The maximum atomic E-state index is 13.0. The number of nitrogens with one attached hydrogen (secondary N) is 1. The fourth-order valence-electron chi connectivity index (χ4n) is 4.82. The average Bonchev–Trinajstić information content (AvgIpc) is 3.03. The van der Waals surface area contributed by atoms with Crippen LogP contribution in [0.5, 0.6) is 0 Å². The standard InChI is InChI=1S/C30H35N3O/c1-33(29(19-20-31)30(34)32-22-23-10-3-2-4-11-23)21-9-16-28-26-14-7-5-12-24(26)17-18-25-13-6-8-15-27(25)28/h2-8,10-16,29H,9,17-22,31H2,1H3,(H,32,34). The predicted octanol–water partition coefficient (Wildman–Crippen LogP) is 4.57. The van der Waals surface area contributed by atoms with E-state index in [-0.39, 0.29) is 11.9 Å². The molecule has 4 nitrogen and oxygen atoms in total. The van der Waals surface area contributed by atoms with Crippen molar-refractivity contribution in [3.05, 3.63) is 113 Å². The van der Waals surface area contributed by atoms with Crippen molar-refractivity contribution in [1.82, 2.24) is 10.2 Å². The normalized spacial score (nSPS) is 13.6. The second kappa shape index (κ2) is 11.8. The molecule has 0 bridgehead atoms. The van der Waals surface area contributed by atoms with Crippen LogP contribution in [-0.2, 0) is 24.2 Å². The fourth-order valence-corrected chi connectivity index (χ4v) is 4.82. The third kappa shape index (κ3) is 5.82. The van der Waals surface area contributed by atoms with Crippen molar-refractivity contribution in [3.8, 4) is 0 Å². The first-order valence-electron chi connectivity index (χ1n) is 12.3. The maximum Gasteiger partial charge on any atom is 0.237 e. The summed E-state index contributed by atoms with van der Waals surface area (Å²) in [5.41, 5.74) is 13.7. The minimum absolute atomic E-state index is 0.0367. The van der Waals surface area contributed by atoms with Gasteiger partial charge in [0.25, 0.3) is 0 Å². The Labute approximate surface area is 203 Å². The number of likely N-dealkylation sites (N-methyl/N-ethyl adjacent to an activating group) is 1. The number of carbonyl (C=O) groups excluding carboxylic acids is 1. The van der Waals surface area contributed by atoms with Gasteiger partial charge in [0.1, 0.15) is 0 Å². The first-order chi connectivity index (χ1) is 16.7. The highest BCUT2D eigenvalue weighted by atomic mass is 16.2. The molecule has 1 unspecified atom stereocenters. The molecule has 0 saturated carbocycles. The Bertz CT molecular complexity index is 1070. The Hall–Kier alpha value is -3.21. The van der Waals surface area contributed by atoms with Gasteiger partial charge in [-0.05, 0) is 72.7 Å². The van der Waals surface area contributed by atoms with Crippen LogP contribution < -0.4 is 11.1 Å². The Kier molecular flexibility index (Phi) is 8.29. The van der Waals surface area contributed by atoms with E-state index in [1.165, 1.54) is 27.8 Å². The molecule has 3 aromatic carbocycles. The van der Waals surface area contributed by atoms with Gasteiger partial charge < -0.3 is 11.1 Å². The molecule has 34 heavy (non-hydrogen) atoms. The topological polar surface area (TPSA) is 58.4 Å². The van der Waals surface area contributed by atoms with Gasteiger partial charge in [0.2, 0.25) is 5.91 Å². The number of carbonyl (C=O) groups is 1. The quantitative estimate of drug-likeness (QED) is 0.499. The zero-order valence-electron chi connectivity index (χ0n) is 20.0. The molecule has 0 fully saturated rings. The van der Waals surface area contributed by atoms with Gasteiger partial charge in [-0.3, -0.25) is 9.69 Å². The lowest BCUT2D eigenvalue weighted by Gasteiger charge is -2.26. The van der Waals surface area contributed by atoms with Crippen molar-refractivity contribution < 1.29 is 4.79 Å². The van der Waals surface area contributed by atoms with Gasteiger partial charge in [-0.1, -0.05) is 84.9 Å². The molecular formula is C30H35N3O. The number of amides is 1. The van der Waals surface area contributed by atoms with E-state index in [9.17, 15) is 4.79 Å². The lowest BCUT2D eigenvalue weighted by molar-refractivity contribution is -0.126. The monoisotopic (exact) mass is 453 g/mol. The Balaban J connectivity index is 1.46. The van der Waals surface area contributed by atoms with Gasteiger partial charge in [-0.2, -0.15) is 0 Å². The van der Waals surface area contributed by atoms with Gasteiger partial charge in [-0.25, -0.2) is 0 Å². The molecule has 0 aliphatic heterocycles. The highest BCUT2D eigenvalue weighted by Crippen LogP contribution is 2.33. The lowest BCUT2D eigenvalue weighted by Crippen LogP contribution is -2.46. The summed E-state index contributed by atoms with van der Waals surface area (Å²) in [6.45, 7) is 1.80. The summed E-state index contributed by atoms with van der Waals surface area (Å²) in [6.07, 6.45) is 5.97. The Morgan fingerprint density at radius 2 is 1.53 bits per heavy atom. The van der Waals surface area contributed by atoms with Gasteiger partial charge >= 0.3 is 0 Å². The van der Waals surface area contributed by atoms with Gasteiger partial charge in [0, 0.05) is 13.1 Å². The molecule has 1 aliphatic carbocycles. The highest BCUT2D eigenvalue weighted by molar-refractivity contribution is 5.84. The van der Waals surface area contributed by atoms with E-state index >= 15 is 0 Å². The van der Waals surface area contributed by atoms with Crippen molar-refractivity contribution >= 4 is 11.5 Å². The van der Waals surface area contributed by atoms with Crippen LogP contribution in [0.3, 0.4) is 0 Å². The molecule has 4 rings (SSSR count). The van der Waals surface area contributed by atoms with Crippen molar-refractivity contribution in [2.24, 2.45) is 5.73 Å². The van der Waals surface area contributed by atoms with Gasteiger partial charge in [0.05, 0.1) is 6.04 Å². The molecule has 0 spiro atoms. The molecule has 0 saturated heterocycles. The summed E-state index contributed by atoms with van der Waals surface area (Å²) in [5, 5.41) is 3.09. The van der Waals surface area contributed by atoms with Crippen molar-refractivity contribution in [2.75, 3.05) is 20.1 Å². The minimum atomic E-state index is -0.235. The third-order valence-corrected chi connectivity index (χ3v) is 6.69. The molecule has 0 aromatic heterocycles. The number of hydrogen-bond acceptors (Lipinski definition) is 3. The van der Waals surface area contributed by atoms with Crippen LogP contribution in [0.4, 0.5) is 0 Å². The molecule has 1 atom stereocenters. The fraction of sp³-hybridized carbons (Fsp3) is 0.300. The summed E-state index contributed by atoms with van der Waals surface area (Å²) in [4.78, 5) is 15.1. The van der Waals surface area contributed by atoms with Crippen LogP contribution in [-0.4, -0.2) is 37.0 Å². The van der Waals surface area contributed by atoms with Crippen LogP contribution in [0.2, 0.25) is 0 Å². The number of nitrogens with zero attached hydrogens (tertiary/aromatic N) is 1. The van der Waals surface area contributed by atoms with Crippen molar-refractivity contribution in [1.29, 1.82) is 0 Å². The smallest absolute Gasteiger partial charge is 0.237 e. The zero-order valence-corrected chi connectivity index (χ0v) is 20.0. The van der Waals surface area contributed by atoms with Crippen LogP contribution in [0.1, 0.15) is 40.7 Å². The number of benzene rings is 3. The largest absolute Gasteiger partial charge is 0.351 e. The predicted molar refractivity (Wildman–Crippen MR) is 140 cm³/mol. The summed E-state index contributed by atoms with van der Waals surface area (Å²) < 4.78 is 0. The summed E-state index contributed by atoms with van der Waals surface area (Å²) in [7, 11) is 2.02. The Morgan fingerprint density at radius 1 is 0.941 bits per heavy atom. The first kappa shape index (κ1) is 23.9. The van der Waals surface area contributed by atoms with Crippen LogP contribution >= 0.6 is 0 Å². The maximum absolute atomic E-state index is 13.0. The second-order valence-electron chi connectivity index (χ2n) is 9.00. The molecule has 1 amide bonds. The average molecular weight is 454 g/mol. The Morgan fingerprint density at radius 3 is 2.15 bits per heavy atom. The summed E-state index contributed by atoms with van der Waals surface area (Å²) >= 11 is 0. The SMILES string of the molecule is CN(CCC=C1c2ccccc2CCc2ccccc21)C(CCN)C(=O)NCc1ccccc1. The number of fused-ring (bicyclic) bond motifs is 2. The molecular weight excluding hydrogens is 418 g/mol. The van der Waals surface area contributed by atoms with Crippen molar-refractivity contribution in [3.63, 3.8) is 0 Å². The van der Waals surface area contributed by atoms with E-state index < -0.39 is 0 Å². The molecule has 0 radical (unpaired) electrons. The number of rotatable bonds is 9. The van der Waals surface area contributed by atoms with Gasteiger partial charge in [-0.15, -0.1) is 0 Å². The molecule has 3 aromatic rings. The molecule has 0 heterocycles. The van der Waals surface area contributed by atoms with E-state index in [4.69, 9.17) is 5.73 Å². The van der Waals surface area contributed by atoms with Crippen LogP contribution in [0.25, 0.3) is 5.57 Å². The van der Waals surface area contributed by atoms with E-state index in [0.29, 0.717) is 19.5 Å². The molecule has 176 valence electrons. The van der Waals surface area contributed by atoms with Gasteiger partial charge in [0.15, 0.2) is 0 Å². The third-order valence-electron chi connectivity index (χ3n) is 6.69. The molecule has 1 aliphatic rings. The first-order valence-corrected chi connectivity index (χ1v) is 12.3. The number of aryl methyl sites for hydroxylation is 2. The highest BCUT2D eigenvalue weighted by Gasteiger charge is 2.22. The van der Waals surface area contributed by atoms with Crippen molar-refractivity contribution in [2.45, 2.75) is 38.3 Å². The second-order valence-corrected chi connectivity index (χ2v) is 9.00. The van der Waals surface area contributed by atoms with E-state index in [2.05, 4.69) is 64.8 Å². The minimum Gasteiger partial charge on any atom is -0.351 e.